The minimum Gasteiger partial charge on any atom is -0.497 e. The molecule has 10 nitrogen and oxygen atoms in total. The van der Waals surface area contributed by atoms with Crippen LogP contribution in [0.4, 0.5) is 11.4 Å². The predicted molar refractivity (Wildman–Crippen MR) is 202 cm³/mol. The van der Waals surface area contributed by atoms with E-state index in [1.54, 1.807) is 24.0 Å². The monoisotopic (exact) mass is 700 g/mol. The van der Waals surface area contributed by atoms with Crippen LogP contribution in [0.3, 0.4) is 0 Å². The van der Waals surface area contributed by atoms with Gasteiger partial charge >= 0.3 is 0 Å². The average molecular weight is 701 g/mol. The lowest BCUT2D eigenvalue weighted by atomic mass is 10.1. The van der Waals surface area contributed by atoms with E-state index in [-0.39, 0.29) is 36.5 Å². The molecule has 2 fully saturated rings. The van der Waals surface area contributed by atoms with Crippen LogP contribution in [-0.4, -0.2) is 72.8 Å². The fourth-order valence-electron chi connectivity index (χ4n) is 6.79. The number of methoxy groups -OCH3 is 2. The first kappa shape index (κ1) is 35.9. The van der Waals surface area contributed by atoms with Crippen molar-refractivity contribution in [1.82, 2.24) is 9.80 Å². The number of amides is 4. The number of likely N-dealkylation sites (tertiary alicyclic amines) is 2. The second kappa shape index (κ2) is 16.9. The molecule has 10 heteroatoms. The van der Waals surface area contributed by atoms with Gasteiger partial charge in [-0.3, -0.25) is 19.2 Å². The molecule has 0 aliphatic carbocycles. The van der Waals surface area contributed by atoms with Crippen molar-refractivity contribution in [3.63, 3.8) is 0 Å². The molecule has 0 aromatic heterocycles. The maximum Gasteiger partial charge on any atom is 0.247 e. The van der Waals surface area contributed by atoms with E-state index in [1.807, 2.05) is 109 Å². The third-order valence-electron chi connectivity index (χ3n) is 9.56. The number of nitrogens with one attached hydrogen (secondary N) is 2. The summed E-state index contributed by atoms with van der Waals surface area (Å²) >= 11 is 0. The van der Waals surface area contributed by atoms with Gasteiger partial charge in [-0.25, -0.2) is 0 Å². The smallest absolute Gasteiger partial charge is 0.247 e. The van der Waals surface area contributed by atoms with Crippen molar-refractivity contribution >= 4 is 47.2 Å². The van der Waals surface area contributed by atoms with Gasteiger partial charge in [-0.05, 0) is 96.5 Å². The fraction of sp³-hybridized carbons (Fsp3) is 0.286. The van der Waals surface area contributed by atoms with Crippen LogP contribution in [0.5, 0.6) is 11.5 Å². The van der Waals surface area contributed by atoms with E-state index >= 15 is 0 Å². The lowest BCUT2D eigenvalue weighted by Crippen LogP contribution is -2.43. The number of hydrogen-bond donors (Lipinski definition) is 2. The summed E-state index contributed by atoms with van der Waals surface area (Å²) in [4.78, 5) is 55.9. The van der Waals surface area contributed by atoms with Gasteiger partial charge < -0.3 is 29.9 Å². The molecule has 0 unspecified atom stereocenters. The Bertz CT molecular complexity index is 1780. The molecule has 0 spiro atoms. The van der Waals surface area contributed by atoms with Gasteiger partial charge in [-0.1, -0.05) is 60.7 Å². The van der Waals surface area contributed by atoms with Crippen molar-refractivity contribution in [2.75, 3.05) is 37.9 Å². The van der Waals surface area contributed by atoms with E-state index in [2.05, 4.69) is 10.6 Å². The summed E-state index contributed by atoms with van der Waals surface area (Å²) < 4.78 is 10.5. The Hall–Kier alpha value is -5.90. The molecule has 52 heavy (non-hydrogen) atoms. The molecule has 0 bridgehead atoms. The van der Waals surface area contributed by atoms with Crippen molar-refractivity contribution in [1.29, 1.82) is 0 Å². The van der Waals surface area contributed by atoms with E-state index in [4.69, 9.17) is 9.47 Å². The zero-order valence-corrected chi connectivity index (χ0v) is 29.5. The van der Waals surface area contributed by atoms with E-state index < -0.39 is 12.1 Å². The summed E-state index contributed by atoms with van der Waals surface area (Å²) in [6.45, 7) is 1.12. The molecule has 2 saturated heterocycles. The minimum absolute atomic E-state index is 0.0739. The molecular formula is C42H44N4O6. The lowest BCUT2D eigenvalue weighted by Gasteiger charge is -2.24. The van der Waals surface area contributed by atoms with E-state index in [1.165, 1.54) is 0 Å². The average Bonchev–Trinajstić information content (AvgIpc) is 3.87. The Labute approximate surface area is 304 Å². The van der Waals surface area contributed by atoms with Gasteiger partial charge in [-0.2, -0.15) is 0 Å². The predicted octanol–water partition coefficient (Wildman–Crippen LogP) is 6.22. The van der Waals surface area contributed by atoms with Crippen LogP contribution in [0.1, 0.15) is 47.9 Å². The van der Waals surface area contributed by atoms with Crippen LogP contribution in [0, 0.1) is 0 Å². The first-order valence-corrected chi connectivity index (χ1v) is 17.6. The number of anilines is 2. The Morgan fingerprint density at radius 3 is 1.40 bits per heavy atom. The highest BCUT2D eigenvalue weighted by atomic mass is 16.5. The van der Waals surface area contributed by atoms with Crippen LogP contribution in [0.15, 0.2) is 97.1 Å². The Kier molecular flexibility index (Phi) is 11.7. The highest BCUT2D eigenvalue weighted by Gasteiger charge is 2.35. The van der Waals surface area contributed by atoms with Gasteiger partial charge in [0.25, 0.3) is 0 Å². The Morgan fingerprint density at radius 2 is 1.02 bits per heavy atom. The van der Waals surface area contributed by atoms with Gasteiger partial charge in [0.15, 0.2) is 0 Å². The maximum absolute atomic E-state index is 13.2. The number of hydrogen-bond acceptors (Lipinski definition) is 6. The summed E-state index contributed by atoms with van der Waals surface area (Å²) in [6.07, 6.45) is 7.20. The highest BCUT2D eigenvalue weighted by Crippen LogP contribution is 2.24. The minimum atomic E-state index is -0.505. The zero-order valence-electron chi connectivity index (χ0n) is 29.5. The topological polar surface area (TPSA) is 117 Å². The highest BCUT2D eigenvalue weighted by molar-refractivity contribution is 5.99. The largest absolute Gasteiger partial charge is 0.497 e. The summed E-state index contributed by atoms with van der Waals surface area (Å²) in [5.74, 6) is 0.870. The second-order valence-electron chi connectivity index (χ2n) is 13.1. The molecule has 2 aliphatic heterocycles. The molecule has 4 aromatic carbocycles. The Balaban J connectivity index is 0.982. The molecule has 0 radical (unpaired) electrons. The van der Waals surface area contributed by atoms with E-state index in [9.17, 15) is 19.2 Å². The molecule has 2 heterocycles. The molecule has 0 saturated carbocycles. The van der Waals surface area contributed by atoms with Gasteiger partial charge in [0, 0.05) is 24.5 Å². The van der Waals surface area contributed by atoms with Gasteiger partial charge in [0.05, 0.1) is 27.1 Å². The third-order valence-corrected chi connectivity index (χ3v) is 9.56. The van der Waals surface area contributed by atoms with Gasteiger partial charge in [0.2, 0.25) is 23.6 Å². The number of nitrogens with zero attached hydrogens (tertiary/aromatic N) is 2. The molecule has 4 aromatic rings. The summed E-state index contributed by atoms with van der Waals surface area (Å²) in [5, 5.41) is 5.96. The molecular weight excluding hydrogens is 656 g/mol. The van der Waals surface area contributed by atoms with Crippen molar-refractivity contribution in [3.8, 4) is 11.5 Å². The van der Waals surface area contributed by atoms with Crippen LogP contribution in [-0.2, 0) is 32.0 Å². The van der Waals surface area contributed by atoms with E-state index in [0.717, 1.165) is 35.1 Å². The molecule has 4 amide bonds. The van der Waals surface area contributed by atoms with Crippen molar-refractivity contribution < 1.29 is 28.7 Å². The SMILES string of the molecule is COc1cccc(CC(=O)N2CCC[C@H]2C(=O)Nc2ccc(C=Cc3ccc(NC(=O)[C@@H]4CCCN4C(=O)Cc4cccc(OC)c4)cc3)cc2)c1. The maximum atomic E-state index is 13.2. The first-order chi connectivity index (χ1) is 25.3. The normalized spacial score (nSPS) is 16.9. The third kappa shape index (κ3) is 9.06. The Morgan fingerprint density at radius 1 is 0.615 bits per heavy atom. The van der Waals surface area contributed by atoms with Crippen molar-refractivity contribution in [2.45, 2.75) is 50.6 Å². The number of carbonyl (C=O) groups is 4. The van der Waals surface area contributed by atoms with Crippen LogP contribution in [0.2, 0.25) is 0 Å². The molecule has 2 atom stereocenters. The van der Waals surface area contributed by atoms with Gasteiger partial charge in [0.1, 0.15) is 23.6 Å². The fourth-order valence-corrected chi connectivity index (χ4v) is 6.79. The van der Waals surface area contributed by atoms with Crippen LogP contribution < -0.4 is 20.1 Å². The quantitative estimate of drug-likeness (QED) is 0.170. The van der Waals surface area contributed by atoms with Crippen molar-refractivity contribution in [3.05, 3.63) is 119 Å². The number of carbonyl (C=O) groups excluding carboxylic acids is 4. The zero-order chi connectivity index (χ0) is 36.5. The van der Waals surface area contributed by atoms with E-state index in [0.29, 0.717) is 48.8 Å². The molecule has 2 N–H and O–H groups in total. The lowest BCUT2D eigenvalue weighted by molar-refractivity contribution is -0.136. The number of benzene rings is 4. The number of rotatable bonds is 12. The van der Waals surface area contributed by atoms with Crippen LogP contribution in [0.25, 0.3) is 12.2 Å². The summed E-state index contributed by atoms with van der Waals surface area (Å²) in [6, 6.07) is 28.9. The number of ether oxygens (including phenoxy) is 2. The molecule has 6 rings (SSSR count). The summed E-state index contributed by atoms with van der Waals surface area (Å²) in [5.41, 5.74) is 4.93. The molecule has 268 valence electrons. The van der Waals surface area contributed by atoms with Crippen molar-refractivity contribution in [2.24, 2.45) is 0 Å². The van der Waals surface area contributed by atoms with Crippen LogP contribution >= 0.6 is 0 Å². The first-order valence-electron chi connectivity index (χ1n) is 17.6. The standard InChI is InChI=1S/C42H44N4O6/c1-51-35-9-3-7-31(25-35)27-39(47)45-23-5-11-37(45)41(49)43-33-19-15-29(16-20-33)13-14-30-17-21-34(22-18-30)44-42(50)38-12-6-24-46(38)40(48)28-32-8-4-10-36(26-32)52-2/h3-4,7-10,13-22,25-26,37-38H,5-6,11-12,23-24,27-28H2,1-2H3,(H,43,49)(H,44,50)/t37-,38-/m0/s1. The molecule has 2 aliphatic rings. The second-order valence-corrected chi connectivity index (χ2v) is 13.1. The summed E-state index contributed by atoms with van der Waals surface area (Å²) in [7, 11) is 3.19. The van der Waals surface area contributed by atoms with Gasteiger partial charge in [-0.15, -0.1) is 0 Å².